The second-order valence-corrected chi connectivity index (χ2v) is 33.6. The first-order valence-corrected chi connectivity index (χ1v) is 43.1. The van der Waals surface area contributed by atoms with E-state index >= 15 is 0 Å². The fourth-order valence-electron chi connectivity index (χ4n) is 18.0. The number of aliphatic hydroxyl groups excluding tert-OH is 2. The monoisotopic (exact) mass is 1660 g/mol. The van der Waals surface area contributed by atoms with Gasteiger partial charge in [0.15, 0.2) is 28.8 Å². The lowest BCUT2D eigenvalue weighted by molar-refractivity contribution is -0.171. The van der Waals surface area contributed by atoms with Gasteiger partial charge in [0, 0.05) is 72.3 Å². The quantitative estimate of drug-likeness (QED) is 0.0426. The predicted molar refractivity (Wildman–Crippen MR) is 453 cm³/mol. The molecule has 3 saturated heterocycles. The number of piperidine rings is 2. The van der Waals surface area contributed by atoms with E-state index in [2.05, 4.69) is 4.90 Å². The van der Waals surface area contributed by atoms with Crippen molar-refractivity contribution in [1.29, 1.82) is 0 Å². The van der Waals surface area contributed by atoms with Crippen LogP contribution in [0.25, 0.3) is 0 Å². The zero-order valence-corrected chi connectivity index (χ0v) is 73.5. The summed E-state index contributed by atoms with van der Waals surface area (Å²) in [5, 5.41) is 34.1. The maximum Gasteiger partial charge on any atom is 0.329 e. The number of likely N-dealkylation sites (tertiary alicyclic amines) is 1. The van der Waals surface area contributed by atoms with Crippen molar-refractivity contribution in [2.45, 2.75) is 244 Å². The van der Waals surface area contributed by atoms with Crippen molar-refractivity contribution in [2.75, 3.05) is 109 Å². The molecule has 2 amide bonds. The van der Waals surface area contributed by atoms with E-state index in [-0.39, 0.29) is 79.2 Å². The largest absolute Gasteiger partial charge is 0.493 e. The van der Waals surface area contributed by atoms with Crippen LogP contribution in [-0.4, -0.2) is 235 Å². The number of hydrogen-bond donors (Lipinski definition) is 3. The molecule has 3 aromatic rings. The molecule has 0 spiro atoms. The first kappa shape index (κ1) is 96.4. The lowest BCUT2D eigenvalue weighted by Gasteiger charge is -2.43. The highest BCUT2D eigenvalue weighted by Gasteiger charge is 2.52. The van der Waals surface area contributed by atoms with Crippen LogP contribution in [0.2, 0.25) is 0 Å². The molecule has 25 nitrogen and oxygen atoms in total. The van der Waals surface area contributed by atoms with Gasteiger partial charge in [-0.3, -0.25) is 28.9 Å². The molecule has 119 heavy (non-hydrogen) atoms. The topological polar surface area (TPSA) is 301 Å². The number of esters is 2. The highest BCUT2D eigenvalue weighted by atomic mass is 16.6. The molecule has 2 saturated carbocycles. The average molecular weight is 1660 g/mol. The molecular weight excluding hydrogens is 1520 g/mol. The molecule has 4 aliphatic heterocycles. The van der Waals surface area contributed by atoms with Crippen LogP contribution in [0.15, 0.2) is 102 Å². The third-order valence-corrected chi connectivity index (χ3v) is 25.4. The molecule has 1 unspecified atom stereocenters. The summed E-state index contributed by atoms with van der Waals surface area (Å²) >= 11 is 0. The lowest BCUT2D eigenvalue weighted by atomic mass is 9.67. The molecule has 3 aromatic carbocycles. The molecule has 3 N–H and O–H groups in total. The number of hydrogen-bond acceptors (Lipinski definition) is 23. The minimum Gasteiger partial charge on any atom is -0.493 e. The van der Waals surface area contributed by atoms with E-state index in [1.807, 2.05) is 120 Å². The third-order valence-electron chi connectivity index (χ3n) is 25.4. The molecule has 0 radical (unpaired) electrons. The van der Waals surface area contributed by atoms with Crippen molar-refractivity contribution in [1.82, 2.24) is 14.7 Å². The van der Waals surface area contributed by atoms with Crippen molar-refractivity contribution < 1.29 is 106 Å². The van der Waals surface area contributed by atoms with Crippen LogP contribution < -0.4 is 28.4 Å². The number of ketones is 3. The summed E-state index contributed by atoms with van der Waals surface area (Å²) < 4.78 is 69.1. The number of ether oxygens (including phenoxy) is 12. The second kappa shape index (κ2) is 47.4. The van der Waals surface area contributed by atoms with Crippen LogP contribution in [-0.2, 0) is 68.4 Å². The van der Waals surface area contributed by atoms with Gasteiger partial charge in [0.2, 0.25) is 11.7 Å². The van der Waals surface area contributed by atoms with Gasteiger partial charge in [0.1, 0.15) is 60.2 Å². The second-order valence-electron chi connectivity index (χ2n) is 33.6. The highest BCUT2D eigenvalue weighted by Crippen LogP contribution is 2.45. The van der Waals surface area contributed by atoms with Gasteiger partial charge in [-0.05, 0) is 223 Å². The number of aliphatic hydroxyl groups is 3. The molecule has 9 rings (SSSR count). The van der Waals surface area contributed by atoms with Crippen LogP contribution in [0.4, 0.5) is 0 Å². The normalized spacial score (nSPS) is 29.2. The number of benzene rings is 3. The maximum atomic E-state index is 14.4. The first-order chi connectivity index (χ1) is 57.1. The van der Waals surface area contributed by atoms with Gasteiger partial charge in [0.25, 0.3) is 11.7 Å². The third kappa shape index (κ3) is 26.3. The number of methoxy groups -OCH3 is 8. The minimum absolute atomic E-state index is 0.0358. The van der Waals surface area contributed by atoms with Gasteiger partial charge in [0.05, 0.1) is 73.0 Å². The van der Waals surface area contributed by atoms with Crippen molar-refractivity contribution in [3.05, 3.63) is 119 Å². The van der Waals surface area contributed by atoms with Crippen LogP contribution in [0.5, 0.6) is 34.5 Å². The van der Waals surface area contributed by atoms with E-state index in [4.69, 9.17) is 56.8 Å². The average Bonchev–Trinajstić information content (AvgIpc) is 0.774. The number of amides is 2. The molecule has 6 aliphatic rings. The standard InChI is InChI=1S/C52H81NO12.C42H56N2O10/c1-31-16-12-11-13-17-32(2)43(62-8)28-39-20-19-37(7)52(61,30-39)49(58)50(59)53-23-15-14-18-40(53)51(60)65-44(34(4)26-38-21-22-41(54)45(27-38)63-9)29-42(55)33(3)25-36(6)47(57)48(64-10)46(56)35(5)24-31;1-7-33(31-27-38(49-4)40(51-6)39(28-31)50-5)41(45)44-18-9-8-13-34(44)42(46)54-35(16-14-29-15-17-36(47-2)37(25-29)48-3)30-11-10-12-32(26-30)53-24-21-43-19-22-52-23-20-43/h11-13,16-17,25,31,33-35,37-41,43-45,47-48,54,57,61H,14-15,18-24,26-30H2,1-10H3;10-12,15,17,25-28,33-35H,7-9,13-14,16,18-24H2,1-6H3/b13-11?,16-12+,32-17?,36-25+;/t31-,33-,34-,35-,37-,38?,39+,40+,41-,43+,44+,45-,47-,48+,52+;33-,34-,35+/m10/s1. The summed E-state index contributed by atoms with van der Waals surface area (Å²) in [5.41, 5.74) is 1.99. The Balaban J connectivity index is 0.000000301. The fraction of sp³-hybridized carbons (Fsp3) is 0.649. The number of cyclic esters (lactones) is 1. The Morgan fingerprint density at radius 2 is 1.40 bits per heavy atom. The van der Waals surface area contributed by atoms with Crippen LogP contribution in [0, 0.1) is 41.4 Å². The Hall–Kier alpha value is -8.01. The van der Waals surface area contributed by atoms with Crippen molar-refractivity contribution in [2.24, 2.45) is 41.4 Å². The van der Waals surface area contributed by atoms with Crippen LogP contribution in [0.3, 0.4) is 0 Å². The number of carbonyl (C=O) groups excluding carboxylic acids is 7. The van der Waals surface area contributed by atoms with Crippen LogP contribution in [0.1, 0.15) is 200 Å². The smallest absolute Gasteiger partial charge is 0.329 e. The van der Waals surface area contributed by atoms with Gasteiger partial charge in [-0.2, -0.15) is 0 Å². The van der Waals surface area contributed by atoms with Crippen molar-refractivity contribution >= 4 is 41.1 Å². The summed E-state index contributed by atoms with van der Waals surface area (Å²) in [7, 11) is 12.5. The van der Waals surface area contributed by atoms with E-state index < -0.39 is 95.5 Å². The minimum atomic E-state index is -1.93. The molecule has 660 valence electrons. The molecule has 4 heterocycles. The van der Waals surface area contributed by atoms with Crippen molar-refractivity contribution in [3.8, 4) is 34.5 Å². The number of aryl methyl sites for hydroxylation is 1. The molecule has 2 bridgehead atoms. The Kier molecular flexibility index (Phi) is 38.4. The Labute approximate surface area is 706 Å². The number of carbonyl (C=O) groups is 7. The van der Waals surface area contributed by atoms with E-state index in [9.17, 15) is 48.9 Å². The summed E-state index contributed by atoms with van der Waals surface area (Å²) in [5.74, 6) is -2.63. The SMILES string of the molecule is CC[C@H](C(=O)N1CCCC[C@H]1C(=O)O[C@H](CCc1ccc(OC)c(OC)c1)c1cccc(OCCN2CCOCC2)c1)c1cc(OC)c(OC)c(OC)c1.CO[C@H]1C[C@@H]2CC[C@@H](C)[C@@](O)(C2)C(=O)C(=O)N2CCCC[C@H]2C(=O)O[C@H]([C@H](C)CC2CC[C@@H](O)[C@H](OC)C2)CC(=O)[C@H](C)/C=C(\C)[C@@H](O)[C@@H](OC)C(=O)[C@H](C)C[C@H](C)/C=C/C=CC=C1C. The van der Waals surface area contributed by atoms with Gasteiger partial charge in [-0.15, -0.1) is 0 Å². The van der Waals surface area contributed by atoms with Crippen LogP contribution >= 0.6 is 0 Å². The number of morpholine rings is 1. The summed E-state index contributed by atoms with van der Waals surface area (Å²) in [6.07, 6.45) is 16.2. The zero-order chi connectivity index (χ0) is 86.6. The number of fused-ring (bicyclic) bond motifs is 3. The number of Topliss-reactive ketones (excluding diaryl/α,β-unsaturated/α-hetero) is 3. The van der Waals surface area contributed by atoms with Gasteiger partial charge >= 0.3 is 11.9 Å². The van der Waals surface area contributed by atoms with Gasteiger partial charge in [-0.25, -0.2) is 9.59 Å². The summed E-state index contributed by atoms with van der Waals surface area (Å²) in [6, 6.07) is 15.4. The Morgan fingerprint density at radius 3 is 2.08 bits per heavy atom. The number of nitrogens with zero attached hydrogens (tertiary/aromatic N) is 3. The molecule has 0 aromatic heterocycles. The molecule has 5 fully saturated rings. The predicted octanol–water partition coefficient (Wildman–Crippen LogP) is 13.1. The van der Waals surface area contributed by atoms with Crippen molar-refractivity contribution in [3.63, 3.8) is 0 Å². The van der Waals surface area contributed by atoms with Gasteiger partial charge in [-0.1, -0.05) is 96.2 Å². The fourth-order valence-corrected chi connectivity index (χ4v) is 18.0. The van der Waals surface area contributed by atoms with E-state index in [1.165, 1.54) is 12.0 Å². The van der Waals surface area contributed by atoms with E-state index in [0.717, 1.165) is 80.8 Å². The number of allylic oxidation sites excluding steroid dienone is 6. The summed E-state index contributed by atoms with van der Waals surface area (Å²) in [6.45, 7) is 20.0. The molecule has 2 aliphatic carbocycles. The Morgan fingerprint density at radius 1 is 0.697 bits per heavy atom. The summed E-state index contributed by atoms with van der Waals surface area (Å²) in [4.78, 5) is 105. The highest BCUT2D eigenvalue weighted by molar-refractivity contribution is 6.39. The molecule has 25 heteroatoms. The lowest BCUT2D eigenvalue weighted by Crippen LogP contribution is -2.59. The van der Waals surface area contributed by atoms with E-state index in [0.29, 0.717) is 130 Å². The maximum absolute atomic E-state index is 14.4. The molecular formula is C94H137N3O22. The first-order valence-electron chi connectivity index (χ1n) is 43.1. The molecule has 18 atom stereocenters. The van der Waals surface area contributed by atoms with Gasteiger partial charge < -0.3 is 82.0 Å². The Bertz CT molecular complexity index is 3900. The number of rotatable bonds is 24. The zero-order valence-electron chi connectivity index (χ0n) is 73.5. The van der Waals surface area contributed by atoms with E-state index in [1.54, 1.807) is 81.5 Å².